The number of hydrogen-bond acceptors (Lipinski definition) is 2. The van der Waals surface area contributed by atoms with Gasteiger partial charge in [-0.15, -0.1) is 0 Å². The average molecular weight is 242 g/mol. The third kappa shape index (κ3) is 3.61. The van der Waals surface area contributed by atoms with Crippen molar-refractivity contribution in [2.24, 2.45) is 5.92 Å². The highest BCUT2D eigenvalue weighted by molar-refractivity contribution is 5.76. The van der Waals surface area contributed by atoms with Crippen LogP contribution in [-0.4, -0.2) is 53.1 Å². The van der Waals surface area contributed by atoms with Crippen LogP contribution < -0.4 is 0 Å². The standard InChI is InChI=1S/C12H22N2O3/c1-4-5-9(2)13(3)12(17)14-7-10(8-14)6-11(15)16/h9-10H,4-8H2,1-3H3,(H,15,16). The van der Waals surface area contributed by atoms with Gasteiger partial charge in [-0.05, 0) is 13.3 Å². The van der Waals surface area contributed by atoms with E-state index in [9.17, 15) is 9.59 Å². The number of aliphatic carboxylic acids is 1. The molecule has 2 amide bonds. The fourth-order valence-electron chi connectivity index (χ4n) is 2.13. The molecule has 1 unspecified atom stereocenters. The number of hydrogen-bond donors (Lipinski definition) is 1. The van der Waals surface area contributed by atoms with Crippen LogP contribution in [0.5, 0.6) is 0 Å². The first-order chi connectivity index (χ1) is 7.95. The van der Waals surface area contributed by atoms with Gasteiger partial charge in [-0.25, -0.2) is 4.79 Å². The van der Waals surface area contributed by atoms with Crippen molar-refractivity contribution >= 4 is 12.0 Å². The lowest BCUT2D eigenvalue weighted by Crippen LogP contribution is -2.55. The van der Waals surface area contributed by atoms with Crippen molar-refractivity contribution in [3.8, 4) is 0 Å². The van der Waals surface area contributed by atoms with Crippen molar-refractivity contribution < 1.29 is 14.7 Å². The van der Waals surface area contributed by atoms with Crippen molar-refractivity contribution in [1.82, 2.24) is 9.80 Å². The van der Waals surface area contributed by atoms with Crippen LogP contribution in [0.4, 0.5) is 4.79 Å². The number of nitrogens with zero attached hydrogens (tertiary/aromatic N) is 2. The molecule has 0 saturated carbocycles. The Morgan fingerprint density at radius 1 is 1.47 bits per heavy atom. The second-order valence-electron chi connectivity index (χ2n) is 4.90. The van der Waals surface area contributed by atoms with E-state index < -0.39 is 5.97 Å². The topological polar surface area (TPSA) is 60.9 Å². The molecule has 1 N–H and O–H groups in total. The minimum absolute atomic E-state index is 0.0209. The largest absolute Gasteiger partial charge is 0.481 e. The summed E-state index contributed by atoms with van der Waals surface area (Å²) in [6.07, 6.45) is 2.22. The van der Waals surface area contributed by atoms with Gasteiger partial charge in [0.25, 0.3) is 0 Å². The molecule has 0 bridgehead atoms. The molecule has 98 valence electrons. The van der Waals surface area contributed by atoms with Gasteiger partial charge in [0.05, 0.1) is 6.42 Å². The second-order valence-corrected chi connectivity index (χ2v) is 4.90. The van der Waals surface area contributed by atoms with Gasteiger partial charge < -0.3 is 14.9 Å². The number of urea groups is 1. The highest BCUT2D eigenvalue weighted by Crippen LogP contribution is 2.21. The Morgan fingerprint density at radius 2 is 2.06 bits per heavy atom. The molecule has 17 heavy (non-hydrogen) atoms. The molecule has 0 aromatic heterocycles. The Bertz CT molecular complexity index is 287. The molecule has 0 radical (unpaired) electrons. The summed E-state index contributed by atoms with van der Waals surface area (Å²) >= 11 is 0. The van der Waals surface area contributed by atoms with E-state index in [1.54, 1.807) is 9.80 Å². The van der Waals surface area contributed by atoms with Gasteiger partial charge in [0.15, 0.2) is 0 Å². The summed E-state index contributed by atoms with van der Waals surface area (Å²) in [5.41, 5.74) is 0. The molecule has 0 aromatic carbocycles. The molecule has 1 atom stereocenters. The Kier molecular flexibility index (Phi) is 4.78. The van der Waals surface area contributed by atoms with Crippen LogP contribution in [0, 0.1) is 5.92 Å². The Morgan fingerprint density at radius 3 is 2.53 bits per heavy atom. The van der Waals surface area contributed by atoms with Crippen LogP contribution in [0.2, 0.25) is 0 Å². The van der Waals surface area contributed by atoms with Gasteiger partial charge in [0.2, 0.25) is 0 Å². The molecule has 0 spiro atoms. The van der Waals surface area contributed by atoms with E-state index in [0.29, 0.717) is 13.1 Å². The van der Waals surface area contributed by atoms with Crippen molar-refractivity contribution in [2.75, 3.05) is 20.1 Å². The zero-order valence-corrected chi connectivity index (χ0v) is 10.8. The van der Waals surface area contributed by atoms with E-state index in [-0.39, 0.29) is 24.4 Å². The van der Waals surface area contributed by atoms with Crippen molar-refractivity contribution in [2.45, 2.75) is 39.2 Å². The Labute approximate surface area is 102 Å². The van der Waals surface area contributed by atoms with Crippen LogP contribution in [-0.2, 0) is 4.79 Å². The van der Waals surface area contributed by atoms with E-state index in [1.165, 1.54) is 0 Å². The normalized spacial score (nSPS) is 17.5. The number of amides is 2. The van der Waals surface area contributed by atoms with Gasteiger partial charge in [0, 0.05) is 32.1 Å². The van der Waals surface area contributed by atoms with Gasteiger partial charge >= 0.3 is 12.0 Å². The second kappa shape index (κ2) is 5.89. The summed E-state index contributed by atoms with van der Waals surface area (Å²) in [6, 6.07) is 0.263. The number of likely N-dealkylation sites (tertiary alicyclic amines) is 1. The Balaban J connectivity index is 2.33. The molecule has 5 nitrogen and oxygen atoms in total. The molecule has 0 aliphatic carbocycles. The summed E-state index contributed by atoms with van der Waals surface area (Å²) in [6.45, 7) is 5.29. The van der Waals surface area contributed by atoms with Crippen molar-refractivity contribution in [1.29, 1.82) is 0 Å². The first-order valence-corrected chi connectivity index (χ1v) is 6.19. The van der Waals surface area contributed by atoms with Crippen LogP contribution in [0.1, 0.15) is 33.1 Å². The fraction of sp³-hybridized carbons (Fsp3) is 0.833. The highest BCUT2D eigenvalue weighted by atomic mass is 16.4. The number of carbonyl (C=O) groups excluding carboxylic acids is 1. The first-order valence-electron chi connectivity index (χ1n) is 6.19. The van der Waals surface area contributed by atoms with Gasteiger partial charge in [-0.3, -0.25) is 4.79 Å². The third-order valence-electron chi connectivity index (χ3n) is 3.36. The van der Waals surface area contributed by atoms with E-state index in [0.717, 1.165) is 12.8 Å². The molecule has 1 fully saturated rings. The molecular weight excluding hydrogens is 220 g/mol. The van der Waals surface area contributed by atoms with Gasteiger partial charge in [0.1, 0.15) is 0 Å². The monoisotopic (exact) mass is 242 g/mol. The number of carboxylic acid groups (broad SMARTS) is 1. The number of carbonyl (C=O) groups is 2. The molecule has 1 rings (SSSR count). The molecule has 1 aliphatic rings. The molecule has 1 saturated heterocycles. The van der Waals surface area contributed by atoms with Crippen LogP contribution in [0.3, 0.4) is 0 Å². The highest BCUT2D eigenvalue weighted by Gasteiger charge is 2.34. The van der Waals surface area contributed by atoms with E-state index in [1.807, 2.05) is 14.0 Å². The predicted octanol–water partition coefficient (Wildman–Crippen LogP) is 1.63. The maximum absolute atomic E-state index is 12.0. The van der Waals surface area contributed by atoms with Crippen LogP contribution in [0.25, 0.3) is 0 Å². The van der Waals surface area contributed by atoms with Crippen LogP contribution in [0.15, 0.2) is 0 Å². The van der Waals surface area contributed by atoms with Gasteiger partial charge in [-0.1, -0.05) is 13.3 Å². The minimum atomic E-state index is -0.783. The number of rotatable bonds is 5. The van der Waals surface area contributed by atoms with E-state index in [4.69, 9.17) is 5.11 Å². The Hall–Kier alpha value is -1.26. The lowest BCUT2D eigenvalue weighted by atomic mass is 9.97. The summed E-state index contributed by atoms with van der Waals surface area (Å²) < 4.78 is 0. The summed E-state index contributed by atoms with van der Waals surface area (Å²) in [5, 5.41) is 8.63. The van der Waals surface area contributed by atoms with E-state index in [2.05, 4.69) is 6.92 Å². The summed E-state index contributed by atoms with van der Waals surface area (Å²) in [4.78, 5) is 25.9. The molecule has 1 aliphatic heterocycles. The first kappa shape index (κ1) is 13.8. The van der Waals surface area contributed by atoms with Gasteiger partial charge in [-0.2, -0.15) is 0 Å². The maximum atomic E-state index is 12.0. The fourth-order valence-corrected chi connectivity index (χ4v) is 2.13. The molecule has 1 heterocycles. The SMILES string of the molecule is CCCC(C)N(C)C(=O)N1CC(CC(=O)O)C1. The lowest BCUT2D eigenvalue weighted by Gasteiger charge is -2.41. The summed E-state index contributed by atoms with van der Waals surface area (Å²) in [7, 11) is 1.81. The van der Waals surface area contributed by atoms with Crippen LogP contribution >= 0.6 is 0 Å². The summed E-state index contributed by atoms with van der Waals surface area (Å²) in [5.74, 6) is -0.652. The smallest absolute Gasteiger partial charge is 0.320 e. The van der Waals surface area contributed by atoms with E-state index >= 15 is 0 Å². The quantitative estimate of drug-likeness (QED) is 0.797. The zero-order valence-electron chi connectivity index (χ0n) is 10.8. The van der Waals surface area contributed by atoms with Crippen molar-refractivity contribution in [3.63, 3.8) is 0 Å². The maximum Gasteiger partial charge on any atom is 0.320 e. The lowest BCUT2D eigenvalue weighted by molar-refractivity contribution is -0.139. The number of carboxylic acids is 1. The molecule has 0 aromatic rings. The minimum Gasteiger partial charge on any atom is -0.481 e. The molecule has 5 heteroatoms. The third-order valence-corrected chi connectivity index (χ3v) is 3.36. The predicted molar refractivity (Wildman–Crippen MR) is 64.8 cm³/mol. The average Bonchev–Trinajstić information content (AvgIpc) is 2.20. The van der Waals surface area contributed by atoms with Crippen molar-refractivity contribution in [3.05, 3.63) is 0 Å². The molecular formula is C12H22N2O3. The zero-order chi connectivity index (χ0) is 13.0.